The number of hydrogen-bond acceptors (Lipinski definition) is 6. The van der Waals surface area contributed by atoms with Gasteiger partial charge in [-0.2, -0.15) is 16.9 Å². The number of urea groups is 1. The molecule has 2 heterocycles. The smallest absolute Gasteiger partial charge is 0.312 e. The van der Waals surface area contributed by atoms with Crippen molar-refractivity contribution in [2.45, 2.75) is 19.0 Å². The highest BCUT2D eigenvalue weighted by atomic mass is 32.2. The Kier molecular flexibility index (Phi) is 6.55. The molecule has 0 aliphatic heterocycles. The van der Waals surface area contributed by atoms with Gasteiger partial charge in [-0.05, 0) is 30.1 Å². The molecule has 0 aliphatic rings. The number of amides is 3. The lowest BCUT2D eigenvalue weighted by molar-refractivity contribution is -0.123. The van der Waals surface area contributed by atoms with Gasteiger partial charge in [-0.15, -0.1) is 0 Å². The lowest BCUT2D eigenvalue weighted by atomic mass is 10.2. The highest BCUT2D eigenvalue weighted by Gasteiger charge is 2.18. The number of pyridine rings is 1. The summed E-state index contributed by atoms with van der Waals surface area (Å²) in [5, 5.41) is 9.22. The van der Waals surface area contributed by atoms with Crippen molar-refractivity contribution in [2.75, 3.05) is 12.0 Å². The minimum Gasteiger partial charge on any atom is -0.352 e. The molecule has 0 fully saturated rings. The van der Waals surface area contributed by atoms with Crippen LogP contribution < -0.4 is 16.4 Å². The first-order valence-corrected chi connectivity index (χ1v) is 8.62. The molecule has 3 amide bonds. The number of aromatic nitrogens is 4. The van der Waals surface area contributed by atoms with Crippen LogP contribution in [0.25, 0.3) is 5.82 Å². The van der Waals surface area contributed by atoms with Crippen LogP contribution in [0.2, 0.25) is 0 Å². The van der Waals surface area contributed by atoms with E-state index in [4.69, 9.17) is 5.73 Å². The van der Waals surface area contributed by atoms with Gasteiger partial charge in [0.25, 0.3) is 0 Å². The zero-order valence-corrected chi connectivity index (χ0v) is 14.0. The molecule has 0 aromatic carbocycles. The third-order valence-corrected chi connectivity index (χ3v) is 3.82. The first-order valence-electron chi connectivity index (χ1n) is 7.22. The maximum atomic E-state index is 12.2. The van der Waals surface area contributed by atoms with Crippen molar-refractivity contribution in [1.29, 1.82) is 0 Å². The van der Waals surface area contributed by atoms with Gasteiger partial charge in [-0.1, -0.05) is 6.07 Å². The Morgan fingerprint density at radius 3 is 2.83 bits per heavy atom. The number of hydrogen-bond donors (Lipinski definition) is 3. The molecule has 0 spiro atoms. The molecular formula is C14H19N7O2S. The van der Waals surface area contributed by atoms with E-state index in [-0.39, 0.29) is 5.91 Å². The maximum Gasteiger partial charge on any atom is 0.312 e. The Balaban J connectivity index is 1.90. The standard InChI is InChI=1S/C14H19N7O2S/c1-24-5-4-11(20-14(15)23)13(22)18-7-10-2-3-12(17-6-10)21-9-16-8-19-21/h2-3,6,8-9,11H,4-5,7H2,1H3,(H,18,22)(H3,15,20,23)/t11-/m0/s1. The van der Waals surface area contributed by atoms with E-state index < -0.39 is 12.1 Å². The number of thioether (sulfide) groups is 1. The molecule has 24 heavy (non-hydrogen) atoms. The first-order chi connectivity index (χ1) is 11.6. The molecule has 2 rings (SSSR count). The first kappa shape index (κ1) is 17.7. The van der Waals surface area contributed by atoms with Crippen LogP contribution in [0.15, 0.2) is 31.0 Å². The van der Waals surface area contributed by atoms with Crippen molar-refractivity contribution >= 4 is 23.7 Å². The van der Waals surface area contributed by atoms with Gasteiger partial charge in [-0.3, -0.25) is 4.79 Å². The minimum atomic E-state index is -0.713. The molecule has 0 bridgehead atoms. The average molecular weight is 349 g/mol. The maximum absolute atomic E-state index is 12.2. The predicted molar refractivity (Wildman–Crippen MR) is 90.5 cm³/mol. The summed E-state index contributed by atoms with van der Waals surface area (Å²) in [7, 11) is 0. The molecule has 1 atom stereocenters. The monoisotopic (exact) mass is 349 g/mol. The van der Waals surface area contributed by atoms with Crippen LogP contribution >= 0.6 is 11.8 Å². The van der Waals surface area contributed by atoms with Gasteiger partial charge >= 0.3 is 6.03 Å². The molecule has 0 saturated carbocycles. The van der Waals surface area contributed by atoms with Gasteiger partial charge in [0.2, 0.25) is 5.91 Å². The Hall–Kier alpha value is -2.62. The van der Waals surface area contributed by atoms with Crippen LogP contribution in [0, 0.1) is 0 Å². The largest absolute Gasteiger partial charge is 0.352 e. The van der Waals surface area contributed by atoms with Gasteiger partial charge in [0.1, 0.15) is 18.7 Å². The number of nitrogens with zero attached hydrogens (tertiary/aromatic N) is 4. The van der Waals surface area contributed by atoms with E-state index >= 15 is 0 Å². The van der Waals surface area contributed by atoms with E-state index in [0.717, 1.165) is 11.3 Å². The lowest BCUT2D eigenvalue weighted by Gasteiger charge is -2.16. The van der Waals surface area contributed by atoms with Crippen LogP contribution in [0.4, 0.5) is 4.79 Å². The number of nitrogens with one attached hydrogen (secondary N) is 2. The van der Waals surface area contributed by atoms with Crippen LogP contribution in [-0.4, -0.2) is 49.7 Å². The van der Waals surface area contributed by atoms with Gasteiger partial charge in [-0.25, -0.2) is 19.4 Å². The average Bonchev–Trinajstić information content (AvgIpc) is 3.11. The van der Waals surface area contributed by atoms with Crippen molar-refractivity contribution in [3.05, 3.63) is 36.5 Å². The molecule has 0 unspecified atom stereocenters. The number of nitrogens with two attached hydrogens (primary N) is 1. The molecule has 2 aromatic rings. The fraction of sp³-hybridized carbons (Fsp3) is 0.357. The molecule has 10 heteroatoms. The van der Waals surface area contributed by atoms with E-state index in [0.29, 0.717) is 18.8 Å². The van der Waals surface area contributed by atoms with E-state index in [1.54, 1.807) is 30.4 Å². The minimum absolute atomic E-state index is 0.275. The van der Waals surface area contributed by atoms with Gasteiger partial charge in [0.05, 0.1) is 0 Å². The van der Waals surface area contributed by atoms with Crippen LogP contribution in [0.1, 0.15) is 12.0 Å². The topological polar surface area (TPSA) is 128 Å². The van der Waals surface area contributed by atoms with Crippen molar-refractivity contribution < 1.29 is 9.59 Å². The van der Waals surface area contributed by atoms with Gasteiger partial charge < -0.3 is 16.4 Å². The summed E-state index contributed by atoms with van der Waals surface area (Å²) in [5.74, 6) is 1.10. The van der Waals surface area contributed by atoms with Gasteiger partial charge in [0, 0.05) is 12.7 Å². The second-order valence-electron chi connectivity index (χ2n) is 4.93. The molecule has 2 aromatic heterocycles. The summed E-state index contributed by atoms with van der Waals surface area (Å²) < 4.78 is 1.54. The van der Waals surface area contributed by atoms with Crippen molar-refractivity contribution in [3.63, 3.8) is 0 Å². The summed E-state index contributed by atoms with van der Waals surface area (Å²) in [6, 6.07) is 2.26. The third kappa shape index (κ3) is 5.23. The van der Waals surface area contributed by atoms with E-state index in [1.807, 2.05) is 12.3 Å². The van der Waals surface area contributed by atoms with Gasteiger partial charge in [0.15, 0.2) is 5.82 Å². The van der Waals surface area contributed by atoms with E-state index in [2.05, 4.69) is 25.7 Å². The highest BCUT2D eigenvalue weighted by Crippen LogP contribution is 2.05. The number of carbonyl (C=O) groups is 2. The number of primary amides is 1. The number of carbonyl (C=O) groups excluding carboxylic acids is 2. The lowest BCUT2D eigenvalue weighted by Crippen LogP contribution is -2.48. The molecule has 4 N–H and O–H groups in total. The summed E-state index contributed by atoms with van der Waals surface area (Å²) in [4.78, 5) is 31.3. The summed E-state index contributed by atoms with van der Waals surface area (Å²) in [5.41, 5.74) is 5.94. The molecular weight excluding hydrogens is 330 g/mol. The fourth-order valence-corrected chi connectivity index (χ4v) is 2.44. The van der Waals surface area contributed by atoms with Crippen molar-refractivity contribution in [1.82, 2.24) is 30.4 Å². The SMILES string of the molecule is CSCC[C@H](NC(N)=O)C(=O)NCc1ccc(-n2cncn2)nc1. The predicted octanol–water partition coefficient (Wildman–Crippen LogP) is 0.0685. The zero-order valence-electron chi connectivity index (χ0n) is 13.2. The van der Waals surface area contributed by atoms with Crippen molar-refractivity contribution in [3.8, 4) is 5.82 Å². The zero-order chi connectivity index (χ0) is 17.4. The molecule has 9 nitrogen and oxygen atoms in total. The Bertz CT molecular complexity index is 660. The second kappa shape index (κ2) is 8.87. The number of rotatable bonds is 8. The summed E-state index contributed by atoms with van der Waals surface area (Å²) >= 11 is 1.59. The quantitative estimate of drug-likeness (QED) is 0.619. The Morgan fingerprint density at radius 1 is 1.42 bits per heavy atom. The van der Waals surface area contributed by atoms with Crippen LogP contribution in [0.3, 0.4) is 0 Å². The normalized spacial score (nSPS) is 11.7. The van der Waals surface area contributed by atoms with E-state index in [1.165, 1.54) is 11.0 Å². The Morgan fingerprint density at radius 2 is 2.25 bits per heavy atom. The Labute approximate surface area is 143 Å². The molecule has 0 radical (unpaired) electrons. The summed E-state index contributed by atoms with van der Waals surface area (Å²) in [6.07, 6.45) is 7.07. The highest BCUT2D eigenvalue weighted by molar-refractivity contribution is 7.98. The summed E-state index contributed by atoms with van der Waals surface area (Å²) in [6.45, 7) is 0.305. The second-order valence-corrected chi connectivity index (χ2v) is 5.91. The molecule has 0 saturated heterocycles. The van der Waals surface area contributed by atoms with Crippen LogP contribution in [-0.2, 0) is 11.3 Å². The van der Waals surface area contributed by atoms with E-state index in [9.17, 15) is 9.59 Å². The molecule has 0 aliphatic carbocycles. The molecule has 128 valence electrons. The van der Waals surface area contributed by atoms with Crippen molar-refractivity contribution in [2.24, 2.45) is 5.73 Å². The third-order valence-electron chi connectivity index (χ3n) is 3.17. The van der Waals surface area contributed by atoms with Crippen LogP contribution in [0.5, 0.6) is 0 Å². The fourth-order valence-electron chi connectivity index (χ4n) is 1.97.